The Hall–Kier alpha value is -4.30. The van der Waals surface area contributed by atoms with Gasteiger partial charge in [0.25, 0.3) is 0 Å². The Bertz CT molecular complexity index is 1240. The highest BCUT2D eigenvalue weighted by atomic mass is 16.1. The van der Waals surface area contributed by atoms with Crippen LogP contribution in [0.15, 0.2) is 133 Å². The molecule has 5 rings (SSSR count). The maximum atomic E-state index is 13.8. The van der Waals surface area contributed by atoms with Gasteiger partial charge in [-0.1, -0.05) is 146 Å². The van der Waals surface area contributed by atoms with Gasteiger partial charge in [-0.2, -0.15) is 0 Å². The summed E-state index contributed by atoms with van der Waals surface area (Å²) in [6.07, 6.45) is 8.22. The number of hydrogen-bond acceptors (Lipinski definition) is 2. The summed E-state index contributed by atoms with van der Waals surface area (Å²) in [5, 5.41) is 0. The van der Waals surface area contributed by atoms with Gasteiger partial charge in [0.2, 0.25) is 0 Å². The molecule has 2 unspecified atom stereocenters. The van der Waals surface area contributed by atoms with Gasteiger partial charge in [-0.05, 0) is 23.0 Å². The van der Waals surface area contributed by atoms with E-state index in [1.165, 1.54) is 0 Å². The lowest BCUT2D eigenvalue weighted by atomic mass is 9.52. The molecule has 2 atom stereocenters. The average Bonchev–Trinajstić information content (AvgIpc) is 2.94. The Morgan fingerprint density at radius 3 is 1.08 bits per heavy atom. The number of benzene rings is 4. The molecule has 1 aliphatic carbocycles. The van der Waals surface area contributed by atoms with Crippen LogP contribution >= 0.6 is 0 Å². The van der Waals surface area contributed by atoms with Gasteiger partial charge in [0, 0.05) is 23.0 Å². The Kier molecular flexibility index (Phi) is 7.14. The number of allylic oxidation sites excluding steroid dienone is 2. The monoisotopic (exact) mass is 468 g/mol. The molecule has 0 radical (unpaired) electrons. The predicted octanol–water partition coefficient (Wildman–Crippen LogP) is 7.66. The van der Waals surface area contributed by atoms with Gasteiger partial charge in [-0.3, -0.25) is 9.59 Å². The van der Waals surface area contributed by atoms with Crippen molar-refractivity contribution in [1.29, 1.82) is 0 Å². The number of carbonyl (C=O) groups is 2. The highest BCUT2D eigenvalue weighted by Gasteiger charge is 2.54. The summed E-state index contributed by atoms with van der Waals surface area (Å²) in [4.78, 5) is 27.6. The van der Waals surface area contributed by atoms with Crippen molar-refractivity contribution in [3.63, 3.8) is 0 Å². The third-order valence-corrected chi connectivity index (χ3v) is 7.00. The van der Waals surface area contributed by atoms with E-state index in [0.717, 1.165) is 11.1 Å². The lowest BCUT2D eigenvalue weighted by molar-refractivity contribution is 0.0335. The van der Waals surface area contributed by atoms with Gasteiger partial charge in [0.1, 0.15) is 0 Å². The molecule has 1 saturated carbocycles. The summed E-state index contributed by atoms with van der Waals surface area (Å²) in [7, 11) is 0. The topological polar surface area (TPSA) is 34.1 Å². The minimum Gasteiger partial charge on any atom is -0.294 e. The number of hydrogen-bond donors (Lipinski definition) is 0. The Balaban J connectivity index is 1.55. The second-order valence-corrected chi connectivity index (χ2v) is 9.21. The second kappa shape index (κ2) is 11.0. The molecule has 4 aromatic rings. The maximum Gasteiger partial charge on any atom is 0.167 e. The number of ketones is 2. The molecule has 0 spiro atoms. The molecule has 0 N–H and O–H groups in total. The standard InChI is InChI=1S/C34H28O2/c35-33(27-17-9-3-10-18-27)31-29(23-21-25-13-5-1-6-14-25)32(34(36)28-19-11-4-12-20-28)30(31)24-22-26-15-7-2-8-16-26/h1-24,29-32H/b23-21-,24-22+. The first kappa shape index (κ1) is 23.4. The molecule has 2 heteroatoms. The number of carbonyl (C=O) groups excluding carboxylic acids is 2. The first-order valence-corrected chi connectivity index (χ1v) is 12.4. The Morgan fingerprint density at radius 2 is 0.750 bits per heavy atom. The van der Waals surface area contributed by atoms with Gasteiger partial charge < -0.3 is 0 Å². The summed E-state index contributed by atoms with van der Waals surface area (Å²) in [6, 6.07) is 38.9. The summed E-state index contributed by atoms with van der Waals surface area (Å²) in [6.45, 7) is 0. The summed E-state index contributed by atoms with van der Waals surface area (Å²) in [5.74, 6) is -0.863. The predicted molar refractivity (Wildman–Crippen MR) is 146 cm³/mol. The van der Waals surface area contributed by atoms with Gasteiger partial charge >= 0.3 is 0 Å². The fourth-order valence-corrected chi connectivity index (χ4v) is 5.15. The molecule has 36 heavy (non-hydrogen) atoms. The minimum atomic E-state index is -0.315. The van der Waals surface area contributed by atoms with Gasteiger partial charge in [0.05, 0.1) is 0 Å². The van der Waals surface area contributed by atoms with E-state index in [1.807, 2.05) is 133 Å². The van der Waals surface area contributed by atoms with Crippen molar-refractivity contribution in [2.24, 2.45) is 23.7 Å². The quantitative estimate of drug-likeness (QED) is 0.249. The summed E-state index contributed by atoms with van der Waals surface area (Å²) in [5.41, 5.74) is 3.48. The first-order valence-electron chi connectivity index (χ1n) is 12.4. The van der Waals surface area contributed by atoms with E-state index in [-0.39, 0.29) is 35.2 Å². The molecule has 4 aromatic carbocycles. The molecule has 0 amide bonds. The molecular weight excluding hydrogens is 440 g/mol. The smallest absolute Gasteiger partial charge is 0.167 e. The van der Waals surface area contributed by atoms with E-state index < -0.39 is 0 Å². The van der Waals surface area contributed by atoms with Crippen LogP contribution in [0.1, 0.15) is 31.8 Å². The molecule has 1 fully saturated rings. The fourth-order valence-electron chi connectivity index (χ4n) is 5.15. The molecular formula is C34H28O2. The molecule has 0 saturated heterocycles. The zero-order valence-corrected chi connectivity index (χ0v) is 20.0. The third-order valence-electron chi connectivity index (χ3n) is 7.00. The van der Waals surface area contributed by atoms with Crippen molar-refractivity contribution >= 4 is 23.7 Å². The molecule has 0 aliphatic heterocycles. The summed E-state index contributed by atoms with van der Waals surface area (Å²) >= 11 is 0. The van der Waals surface area contributed by atoms with Crippen molar-refractivity contribution in [2.75, 3.05) is 0 Å². The van der Waals surface area contributed by atoms with E-state index in [1.54, 1.807) is 0 Å². The van der Waals surface area contributed by atoms with Crippen LogP contribution in [-0.2, 0) is 0 Å². The molecule has 176 valence electrons. The van der Waals surface area contributed by atoms with Crippen LogP contribution in [0.25, 0.3) is 12.2 Å². The first-order chi connectivity index (χ1) is 17.7. The van der Waals surface area contributed by atoms with E-state index in [2.05, 4.69) is 12.2 Å². The molecule has 2 nitrogen and oxygen atoms in total. The largest absolute Gasteiger partial charge is 0.294 e. The summed E-state index contributed by atoms with van der Waals surface area (Å²) < 4.78 is 0. The molecule has 0 bridgehead atoms. The van der Waals surface area contributed by atoms with Gasteiger partial charge in [0.15, 0.2) is 11.6 Å². The maximum absolute atomic E-state index is 13.8. The lowest BCUT2D eigenvalue weighted by Crippen LogP contribution is -2.52. The van der Waals surface area contributed by atoms with Crippen LogP contribution in [0.4, 0.5) is 0 Å². The Morgan fingerprint density at radius 1 is 0.444 bits per heavy atom. The van der Waals surface area contributed by atoms with Crippen LogP contribution in [0.5, 0.6) is 0 Å². The highest BCUT2D eigenvalue weighted by Crippen LogP contribution is 2.51. The van der Waals surface area contributed by atoms with Crippen LogP contribution in [-0.4, -0.2) is 11.6 Å². The van der Waals surface area contributed by atoms with Gasteiger partial charge in [-0.25, -0.2) is 0 Å². The van der Waals surface area contributed by atoms with Crippen molar-refractivity contribution in [2.45, 2.75) is 0 Å². The minimum absolute atomic E-state index is 0.0816. The van der Waals surface area contributed by atoms with Crippen LogP contribution in [0.2, 0.25) is 0 Å². The van der Waals surface area contributed by atoms with E-state index in [0.29, 0.717) is 11.1 Å². The van der Waals surface area contributed by atoms with Crippen molar-refractivity contribution in [3.05, 3.63) is 156 Å². The fraction of sp³-hybridized carbons (Fsp3) is 0.118. The molecule has 0 heterocycles. The SMILES string of the molecule is O=C(c1ccccc1)C1C(/C=C\c2ccccc2)C(C(=O)c2ccccc2)C1/C=C/c1ccccc1. The van der Waals surface area contributed by atoms with E-state index in [9.17, 15) is 9.59 Å². The zero-order chi connectivity index (χ0) is 24.7. The Labute approximate surface area is 212 Å². The van der Waals surface area contributed by atoms with E-state index in [4.69, 9.17) is 0 Å². The zero-order valence-electron chi connectivity index (χ0n) is 20.0. The average molecular weight is 469 g/mol. The molecule has 1 aliphatic rings. The second-order valence-electron chi connectivity index (χ2n) is 9.21. The number of rotatable bonds is 8. The normalized spacial score (nSPS) is 21.3. The van der Waals surface area contributed by atoms with Crippen LogP contribution in [0.3, 0.4) is 0 Å². The third kappa shape index (κ3) is 5.04. The van der Waals surface area contributed by atoms with Crippen molar-refractivity contribution in [3.8, 4) is 0 Å². The lowest BCUT2D eigenvalue weighted by Gasteiger charge is -2.48. The van der Waals surface area contributed by atoms with Crippen molar-refractivity contribution in [1.82, 2.24) is 0 Å². The highest BCUT2D eigenvalue weighted by molar-refractivity contribution is 6.04. The van der Waals surface area contributed by atoms with E-state index >= 15 is 0 Å². The van der Waals surface area contributed by atoms with Crippen LogP contribution < -0.4 is 0 Å². The van der Waals surface area contributed by atoms with Crippen molar-refractivity contribution < 1.29 is 9.59 Å². The number of Topliss-reactive ketones (excluding diaryl/α,β-unsaturated/α-hetero) is 2. The van der Waals surface area contributed by atoms with Crippen LogP contribution in [0, 0.1) is 23.7 Å². The van der Waals surface area contributed by atoms with Gasteiger partial charge in [-0.15, -0.1) is 0 Å². The molecule has 0 aromatic heterocycles.